The summed E-state index contributed by atoms with van der Waals surface area (Å²) in [6.07, 6.45) is 1.20. The van der Waals surface area contributed by atoms with Crippen molar-refractivity contribution in [2.24, 2.45) is 10.9 Å². The number of aliphatic imine (C=N–C) groups is 1. The molecule has 2 fully saturated rings. The molecule has 7 nitrogen and oxygen atoms in total. The molecule has 1 atom stereocenters. The second kappa shape index (κ2) is 9.79. The molecule has 0 aromatic heterocycles. The molecule has 27 heavy (non-hydrogen) atoms. The van der Waals surface area contributed by atoms with Gasteiger partial charge in [0.1, 0.15) is 0 Å². The van der Waals surface area contributed by atoms with Crippen molar-refractivity contribution < 1.29 is 14.2 Å². The number of para-hydroxylation sites is 1. The van der Waals surface area contributed by atoms with Crippen LogP contribution in [-0.2, 0) is 11.3 Å². The van der Waals surface area contributed by atoms with Gasteiger partial charge in [-0.2, -0.15) is 0 Å². The maximum Gasteiger partial charge on any atom is 0.231 e. The number of halogens is 1. The molecule has 4 rings (SSSR count). The molecule has 1 aromatic rings. The van der Waals surface area contributed by atoms with E-state index in [0.29, 0.717) is 19.3 Å². The van der Waals surface area contributed by atoms with Crippen molar-refractivity contribution in [2.45, 2.75) is 13.0 Å². The molecule has 1 aromatic carbocycles. The van der Waals surface area contributed by atoms with E-state index >= 15 is 0 Å². The van der Waals surface area contributed by atoms with Crippen molar-refractivity contribution >= 4 is 29.9 Å². The van der Waals surface area contributed by atoms with E-state index in [1.807, 2.05) is 19.2 Å². The van der Waals surface area contributed by atoms with Gasteiger partial charge in [-0.3, -0.25) is 9.89 Å². The minimum Gasteiger partial charge on any atom is -0.454 e. The maximum absolute atomic E-state index is 5.59. The van der Waals surface area contributed by atoms with Crippen molar-refractivity contribution in [1.82, 2.24) is 15.1 Å². The predicted octanol–water partition coefficient (Wildman–Crippen LogP) is 1.76. The van der Waals surface area contributed by atoms with Crippen LogP contribution < -0.4 is 14.8 Å². The molecule has 3 aliphatic rings. The first-order chi connectivity index (χ1) is 12.8. The van der Waals surface area contributed by atoms with Crippen LogP contribution in [0.3, 0.4) is 0 Å². The van der Waals surface area contributed by atoms with Gasteiger partial charge < -0.3 is 24.4 Å². The summed E-state index contributed by atoms with van der Waals surface area (Å²) in [5.74, 6) is 3.33. The SMILES string of the molecule is CN=C(NCc1cccc2c1OCO2)N1CCN(CC2CCOC2)CC1.I. The fourth-order valence-corrected chi connectivity index (χ4v) is 3.87. The summed E-state index contributed by atoms with van der Waals surface area (Å²) >= 11 is 0. The molecule has 0 amide bonds. The number of ether oxygens (including phenoxy) is 3. The number of benzene rings is 1. The maximum atomic E-state index is 5.59. The first kappa shape index (κ1) is 20.5. The van der Waals surface area contributed by atoms with E-state index in [0.717, 1.165) is 69.0 Å². The molecule has 0 aliphatic carbocycles. The third kappa shape index (κ3) is 4.97. The van der Waals surface area contributed by atoms with E-state index in [4.69, 9.17) is 14.2 Å². The molecule has 150 valence electrons. The average Bonchev–Trinajstić information content (AvgIpc) is 3.35. The molecule has 2 saturated heterocycles. The lowest BCUT2D eigenvalue weighted by Gasteiger charge is -2.37. The number of guanidine groups is 1. The van der Waals surface area contributed by atoms with Gasteiger partial charge in [0, 0.05) is 58.5 Å². The number of nitrogens with zero attached hydrogens (tertiary/aromatic N) is 3. The van der Waals surface area contributed by atoms with Crippen LogP contribution in [-0.4, -0.2) is 75.5 Å². The Kier molecular flexibility index (Phi) is 7.42. The Hall–Kier alpha value is -1.26. The van der Waals surface area contributed by atoms with Crippen molar-refractivity contribution in [1.29, 1.82) is 0 Å². The largest absolute Gasteiger partial charge is 0.454 e. The van der Waals surface area contributed by atoms with Crippen molar-refractivity contribution in [2.75, 3.05) is 59.8 Å². The fraction of sp³-hybridized carbons (Fsp3) is 0.632. The molecule has 0 spiro atoms. The molecular weight excluding hydrogens is 459 g/mol. The van der Waals surface area contributed by atoms with Gasteiger partial charge >= 0.3 is 0 Å². The van der Waals surface area contributed by atoms with Gasteiger partial charge in [-0.25, -0.2) is 0 Å². The Balaban J connectivity index is 0.00000210. The molecule has 1 unspecified atom stereocenters. The topological polar surface area (TPSA) is 58.6 Å². The summed E-state index contributed by atoms with van der Waals surface area (Å²) in [6, 6.07) is 6.00. The third-order valence-electron chi connectivity index (χ3n) is 5.34. The molecule has 8 heteroatoms. The van der Waals surface area contributed by atoms with Crippen molar-refractivity contribution in [3.05, 3.63) is 23.8 Å². The molecule has 0 saturated carbocycles. The van der Waals surface area contributed by atoms with E-state index in [1.165, 1.54) is 6.42 Å². The molecule has 0 radical (unpaired) electrons. The van der Waals surface area contributed by atoms with E-state index in [9.17, 15) is 0 Å². The second-order valence-corrected chi connectivity index (χ2v) is 7.07. The lowest BCUT2D eigenvalue weighted by atomic mass is 10.1. The Morgan fingerprint density at radius 2 is 2.07 bits per heavy atom. The van der Waals surface area contributed by atoms with Crippen LogP contribution in [0.1, 0.15) is 12.0 Å². The van der Waals surface area contributed by atoms with E-state index in [1.54, 1.807) is 0 Å². The quantitative estimate of drug-likeness (QED) is 0.396. The van der Waals surface area contributed by atoms with Gasteiger partial charge in [-0.1, -0.05) is 12.1 Å². The number of fused-ring (bicyclic) bond motifs is 1. The van der Waals surface area contributed by atoms with Crippen LogP contribution in [0.2, 0.25) is 0 Å². The Morgan fingerprint density at radius 3 is 2.81 bits per heavy atom. The first-order valence-corrected chi connectivity index (χ1v) is 9.46. The monoisotopic (exact) mass is 488 g/mol. The van der Waals surface area contributed by atoms with Crippen LogP contribution >= 0.6 is 24.0 Å². The zero-order valence-corrected chi connectivity index (χ0v) is 18.2. The van der Waals surface area contributed by atoms with Crippen LogP contribution in [0.25, 0.3) is 0 Å². The zero-order valence-electron chi connectivity index (χ0n) is 15.9. The molecule has 0 bridgehead atoms. The van der Waals surface area contributed by atoms with Gasteiger partial charge in [-0.15, -0.1) is 24.0 Å². The Morgan fingerprint density at radius 1 is 1.22 bits per heavy atom. The van der Waals surface area contributed by atoms with Crippen LogP contribution in [0.15, 0.2) is 23.2 Å². The molecule has 3 aliphatic heterocycles. The summed E-state index contributed by atoms with van der Waals surface area (Å²) in [4.78, 5) is 9.36. The van der Waals surface area contributed by atoms with Crippen molar-refractivity contribution in [3.63, 3.8) is 0 Å². The Labute approximate surface area is 178 Å². The normalized spacial score (nSPS) is 22.6. The number of hydrogen-bond acceptors (Lipinski definition) is 5. The lowest BCUT2D eigenvalue weighted by molar-refractivity contribution is 0.139. The van der Waals surface area contributed by atoms with E-state index in [-0.39, 0.29) is 24.0 Å². The highest BCUT2D eigenvalue weighted by Gasteiger charge is 2.24. The minimum absolute atomic E-state index is 0. The zero-order chi connectivity index (χ0) is 17.8. The third-order valence-corrected chi connectivity index (χ3v) is 5.34. The van der Waals surface area contributed by atoms with Gasteiger partial charge in [0.05, 0.1) is 6.61 Å². The number of hydrogen-bond donors (Lipinski definition) is 1. The highest BCUT2D eigenvalue weighted by molar-refractivity contribution is 14.0. The fourth-order valence-electron chi connectivity index (χ4n) is 3.87. The van der Waals surface area contributed by atoms with Gasteiger partial charge in [-0.05, 0) is 18.4 Å². The lowest BCUT2D eigenvalue weighted by Crippen LogP contribution is -2.53. The van der Waals surface area contributed by atoms with E-state index in [2.05, 4.69) is 26.2 Å². The Bertz CT molecular complexity index is 644. The highest BCUT2D eigenvalue weighted by Crippen LogP contribution is 2.35. The highest BCUT2D eigenvalue weighted by atomic mass is 127. The minimum atomic E-state index is 0. The van der Waals surface area contributed by atoms with Crippen LogP contribution in [0.5, 0.6) is 11.5 Å². The van der Waals surface area contributed by atoms with Gasteiger partial charge in [0.25, 0.3) is 0 Å². The summed E-state index contributed by atoms with van der Waals surface area (Å²) in [7, 11) is 1.85. The second-order valence-electron chi connectivity index (χ2n) is 7.07. The smallest absolute Gasteiger partial charge is 0.231 e. The number of nitrogens with one attached hydrogen (secondary N) is 1. The molecular formula is C19H29IN4O3. The van der Waals surface area contributed by atoms with Gasteiger partial charge in [0.15, 0.2) is 17.5 Å². The summed E-state index contributed by atoms with van der Waals surface area (Å²) in [5.41, 5.74) is 1.10. The van der Waals surface area contributed by atoms with Crippen LogP contribution in [0, 0.1) is 5.92 Å². The number of piperazine rings is 1. The molecule has 1 N–H and O–H groups in total. The average molecular weight is 488 g/mol. The van der Waals surface area contributed by atoms with Gasteiger partial charge in [0.2, 0.25) is 6.79 Å². The number of rotatable bonds is 4. The van der Waals surface area contributed by atoms with Crippen molar-refractivity contribution in [3.8, 4) is 11.5 Å². The standard InChI is InChI=1S/C19H28N4O3.HI/c1-20-19(21-11-16-3-2-4-17-18(16)26-14-25-17)23-8-6-22(7-9-23)12-15-5-10-24-13-15;/h2-4,15H,5-14H2,1H3,(H,20,21);1H. The summed E-state index contributed by atoms with van der Waals surface area (Å²) < 4.78 is 16.5. The first-order valence-electron chi connectivity index (χ1n) is 9.46. The van der Waals surface area contributed by atoms with Crippen LogP contribution in [0.4, 0.5) is 0 Å². The van der Waals surface area contributed by atoms with E-state index < -0.39 is 0 Å². The predicted molar refractivity (Wildman–Crippen MR) is 115 cm³/mol. The molecule has 3 heterocycles. The summed E-state index contributed by atoms with van der Waals surface area (Å²) in [6.45, 7) is 8.15. The summed E-state index contributed by atoms with van der Waals surface area (Å²) in [5, 5.41) is 3.47.